The molecule has 2 aliphatic heterocycles. The normalized spacial score (nSPS) is 28.0. The van der Waals surface area contributed by atoms with Crippen LogP contribution < -0.4 is 10.6 Å². The van der Waals surface area contributed by atoms with Crippen LogP contribution in [0.5, 0.6) is 0 Å². The number of nitrogens with one attached hydrogen (secondary N) is 2. The van der Waals surface area contributed by atoms with Crippen LogP contribution >= 0.6 is 0 Å². The van der Waals surface area contributed by atoms with Crippen LogP contribution in [0.4, 0.5) is 0 Å². The standard InChI is InChI=1S/C15H27N3O3/c1-4-10(2)14(15(20)21-3)17-13(19)9-18-7-11-5-16-6-12(11)8-18/h10-12,14,16H,4-9H2,1-3H3,(H,17,19). The fourth-order valence-electron chi connectivity index (χ4n) is 3.30. The molecule has 2 rings (SSSR count). The Hall–Kier alpha value is -1.14. The van der Waals surface area contributed by atoms with Gasteiger partial charge in [-0.25, -0.2) is 4.79 Å². The van der Waals surface area contributed by atoms with E-state index < -0.39 is 6.04 Å². The second-order valence-electron chi connectivity index (χ2n) is 6.33. The number of rotatable bonds is 6. The molecule has 0 saturated carbocycles. The van der Waals surface area contributed by atoms with E-state index in [1.807, 2.05) is 13.8 Å². The average molecular weight is 297 g/mol. The molecular formula is C15H27N3O3. The third kappa shape index (κ3) is 3.95. The molecule has 120 valence electrons. The molecule has 4 atom stereocenters. The number of esters is 1. The molecule has 0 aromatic heterocycles. The summed E-state index contributed by atoms with van der Waals surface area (Å²) in [5, 5.41) is 6.23. The molecular weight excluding hydrogens is 270 g/mol. The van der Waals surface area contributed by atoms with Gasteiger partial charge in [-0.2, -0.15) is 0 Å². The van der Waals surface area contributed by atoms with Crippen molar-refractivity contribution in [2.45, 2.75) is 26.3 Å². The SMILES string of the molecule is CCC(C)C(NC(=O)CN1CC2CNCC2C1)C(=O)OC. The van der Waals surface area contributed by atoms with E-state index in [0.717, 1.165) is 32.6 Å². The molecule has 2 N–H and O–H groups in total. The maximum absolute atomic E-state index is 12.2. The number of carbonyl (C=O) groups excluding carboxylic acids is 2. The lowest BCUT2D eigenvalue weighted by atomic mass is 9.99. The van der Waals surface area contributed by atoms with E-state index in [9.17, 15) is 9.59 Å². The van der Waals surface area contributed by atoms with Crippen LogP contribution in [0.2, 0.25) is 0 Å². The van der Waals surface area contributed by atoms with E-state index in [2.05, 4.69) is 15.5 Å². The molecule has 2 aliphatic rings. The van der Waals surface area contributed by atoms with Crippen LogP contribution in [0.1, 0.15) is 20.3 Å². The summed E-state index contributed by atoms with van der Waals surface area (Å²) in [4.78, 5) is 26.2. The molecule has 0 aromatic carbocycles. The lowest BCUT2D eigenvalue weighted by molar-refractivity contribution is -0.146. The number of hydrogen-bond acceptors (Lipinski definition) is 5. The van der Waals surface area contributed by atoms with Gasteiger partial charge in [0, 0.05) is 13.1 Å². The zero-order valence-electron chi connectivity index (χ0n) is 13.2. The van der Waals surface area contributed by atoms with Crippen molar-refractivity contribution in [2.75, 3.05) is 39.8 Å². The Balaban J connectivity index is 1.83. The molecule has 6 heteroatoms. The van der Waals surface area contributed by atoms with Crippen LogP contribution in [0.3, 0.4) is 0 Å². The summed E-state index contributed by atoms with van der Waals surface area (Å²) < 4.78 is 4.79. The van der Waals surface area contributed by atoms with Gasteiger partial charge in [-0.15, -0.1) is 0 Å². The van der Waals surface area contributed by atoms with Crippen LogP contribution in [-0.2, 0) is 14.3 Å². The van der Waals surface area contributed by atoms with Gasteiger partial charge in [-0.1, -0.05) is 20.3 Å². The zero-order valence-corrected chi connectivity index (χ0v) is 13.2. The summed E-state index contributed by atoms with van der Waals surface area (Å²) in [5.41, 5.74) is 0. The molecule has 4 unspecified atom stereocenters. The Bertz CT molecular complexity index is 376. The van der Waals surface area contributed by atoms with E-state index in [-0.39, 0.29) is 17.8 Å². The third-order valence-electron chi connectivity index (χ3n) is 4.82. The van der Waals surface area contributed by atoms with Crippen LogP contribution in [-0.4, -0.2) is 62.7 Å². The Kier molecular flexibility index (Phi) is 5.58. The molecule has 0 radical (unpaired) electrons. The number of hydrogen-bond donors (Lipinski definition) is 2. The minimum absolute atomic E-state index is 0.0727. The van der Waals surface area contributed by atoms with Gasteiger partial charge in [0.2, 0.25) is 5.91 Å². The maximum atomic E-state index is 12.2. The molecule has 1 amide bonds. The van der Waals surface area contributed by atoms with E-state index in [1.54, 1.807) is 0 Å². The Morgan fingerprint density at radius 1 is 1.33 bits per heavy atom. The fraction of sp³-hybridized carbons (Fsp3) is 0.867. The van der Waals surface area contributed by atoms with E-state index in [0.29, 0.717) is 18.4 Å². The summed E-state index contributed by atoms with van der Waals surface area (Å²) in [6.45, 7) is 8.38. The maximum Gasteiger partial charge on any atom is 0.328 e. The van der Waals surface area contributed by atoms with Gasteiger partial charge in [-0.05, 0) is 30.8 Å². The highest BCUT2D eigenvalue weighted by molar-refractivity contribution is 5.85. The van der Waals surface area contributed by atoms with Crippen molar-refractivity contribution in [1.29, 1.82) is 0 Å². The first-order valence-electron chi connectivity index (χ1n) is 7.85. The van der Waals surface area contributed by atoms with Gasteiger partial charge < -0.3 is 15.4 Å². The number of methoxy groups -OCH3 is 1. The van der Waals surface area contributed by atoms with Gasteiger partial charge in [0.25, 0.3) is 0 Å². The van der Waals surface area contributed by atoms with Crippen molar-refractivity contribution in [3.8, 4) is 0 Å². The minimum Gasteiger partial charge on any atom is -0.467 e. The topological polar surface area (TPSA) is 70.7 Å². The highest BCUT2D eigenvalue weighted by atomic mass is 16.5. The number of ether oxygens (including phenoxy) is 1. The van der Waals surface area contributed by atoms with Crippen LogP contribution in [0.15, 0.2) is 0 Å². The largest absolute Gasteiger partial charge is 0.467 e. The minimum atomic E-state index is -0.545. The first-order chi connectivity index (χ1) is 10.0. The molecule has 2 heterocycles. The number of likely N-dealkylation sites (tertiary alicyclic amines) is 1. The summed E-state index contributed by atoms with van der Waals surface area (Å²) in [6.07, 6.45) is 0.819. The third-order valence-corrected chi connectivity index (χ3v) is 4.82. The zero-order chi connectivity index (χ0) is 15.4. The Labute approximate surface area is 126 Å². The van der Waals surface area contributed by atoms with E-state index >= 15 is 0 Å². The molecule has 0 bridgehead atoms. The first-order valence-corrected chi connectivity index (χ1v) is 7.85. The monoisotopic (exact) mass is 297 g/mol. The highest BCUT2D eigenvalue weighted by Crippen LogP contribution is 2.25. The fourth-order valence-corrected chi connectivity index (χ4v) is 3.30. The molecule has 6 nitrogen and oxygen atoms in total. The molecule has 2 fully saturated rings. The van der Waals surface area contributed by atoms with Gasteiger partial charge in [0.15, 0.2) is 0 Å². The summed E-state index contributed by atoms with van der Waals surface area (Å²) in [6, 6.07) is -0.545. The van der Waals surface area contributed by atoms with Crippen molar-refractivity contribution < 1.29 is 14.3 Å². The number of fused-ring (bicyclic) bond motifs is 1. The van der Waals surface area contributed by atoms with E-state index in [1.165, 1.54) is 7.11 Å². The molecule has 21 heavy (non-hydrogen) atoms. The predicted molar refractivity (Wildman–Crippen MR) is 79.7 cm³/mol. The van der Waals surface area contributed by atoms with E-state index in [4.69, 9.17) is 4.74 Å². The predicted octanol–water partition coefficient (Wildman–Crippen LogP) is -0.158. The van der Waals surface area contributed by atoms with Crippen molar-refractivity contribution in [2.24, 2.45) is 17.8 Å². The Morgan fingerprint density at radius 3 is 2.48 bits per heavy atom. The second-order valence-corrected chi connectivity index (χ2v) is 6.33. The van der Waals surface area contributed by atoms with Gasteiger partial charge >= 0.3 is 5.97 Å². The highest BCUT2D eigenvalue weighted by Gasteiger charge is 2.37. The molecule has 2 saturated heterocycles. The average Bonchev–Trinajstić information content (AvgIpc) is 3.04. The lowest BCUT2D eigenvalue weighted by Gasteiger charge is -2.23. The van der Waals surface area contributed by atoms with Gasteiger partial charge in [-0.3, -0.25) is 9.69 Å². The number of nitrogens with zero attached hydrogens (tertiary/aromatic N) is 1. The van der Waals surface area contributed by atoms with Crippen molar-refractivity contribution in [1.82, 2.24) is 15.5 Å². The van der Waals surface area contributed by atoms with Crippen molar-refractivity contribution in [3.05, 3.63) is 0 Å². The molecule has 0 aromatic rings. The summed E-state index contributed by atoms with van der Waals surface area (Å²) in [5.74, 6) is 0.968. The van der Waals surface area contributed by atoms with Gasteiger partial charge in [0.1, 0.15) is 6.04 Å². The number of carbonyl (C=O) groups is 2. The lowest BCUT2D eigenvalue weighted by Crippen LogP contribution is -2.49. The van der Waals surface area contributed by atoms with Gasteiger partial charge in [0.05, 0.1) is 13.7 Å². The van der Waals surface area contributed by atoms with Crippen LogP contribution in [0, 0.1) is 17.8 Å². The second kappa shape index (κ2) is 7.22. The number of amides is 1. The summed E-state index contributed by atoms with van der Waals surface area (Å²) >= 11 is 0. The summed E-state index contributed by atoms with van der Waals surface area (Å²) in [7, 11) is 1.36. The van der Waals surface area contributed by atoms with Crippen molar-refractivity contribution in [3.63, 3.8) is 0 Å². The first kappa shape index (κ1) is 16.2. The Morgan fingerprint density at radius 2 is 1.95 bits per heavy atom. The molecule has 0 spiro atoms. The molecule has 0 aliphatic carbocycles. The quantitative estimate of drug-likeness (QED) is 0.667. The van der Waals surface area contributed by atoms with Crippen LogP contribution in [0.25, 0.3) is 0 Å². The smallest absolute Gasteiger partial charge is 0.328 e. The van der Waals surface area contributed by atoms with Crippen molar-refractivity contribution >= 4 is 11.9 Å².